The van der Waals surface area contributed by atoms with Gasteiger partial charge in [0, 0.05) is 42.1 Å². The summed E-state index contributed by atoms with van der Waals surface area (Å²) in [5.41, 5.74) is 0.997. The normalized spacial score (nSPS) is 16.2. The van der Waals surface area contributed by atoms with Crippen LogP contribution in [-0.4, -0.2) is 23.8 Å². The lowest BCUT2D eigenvalue weighted by molar-refractivity contribution is -0.132. The van der Waals surface area contributed by atoms with Crippen LogP contribution < -0.4 is 10.2 Å². The number of hydrogen-bond acceptors (Lipinski definition) is 3. The number of carbonyl (C=O) groups excluding carboxylic acids is 2. The van der Waals surface area contributed by atoms with E-state index in [9.17, 15) is 23.6 Å². The summed E-state index contributed by atoms with van der Waals surface area (Å²) in [7, 11) is 0. The molecule has 0 heterocycles. The first-order valence-corrected chi connectivity index (χ1v) is 9.32. The summed E-state index contributed by atoms with van der Waals surface area (Å²) in [6.45, 7) is 1.29. The molecular formula is C21H18ClF2N3O2. The molecule has 1 aliphatic carbocycles. The minimum absolute atomic E-state index is 0.259. The van der Waals surface area contributed by atoms with E-state index in [1.807, 2.05) is 6.07 Å². The van der Waals surface area contributed by atoms with E-state index in [0.29, 0.717) is 16.8 Å². The summed E-state index contributed by atoms with van der Waals surface area (Å²) in [4.78, 5) is 26.9. The second-order valence-corrected chi connectivity index (χ2v) is 7.35. The zero-order chi connectivity index (χ0) is 21.2. The first-order valence-electron chi connectivity index (χ1n) is 8.94. The predicted molar refractivity (Wildman–Crippen MR) is 105 cm³/mol. The van der Waals surface area contributed by atoms with Crippen molar-refractivity contribution in [3.8, 4) is 6.07 Å². The van der Waals surface area contributed by atoms with Crippen LogP contribution in [0.25, 0.3) is 0 Å². The smallest absolute Gasteiger partial charge is 0.252 e. The van der Waals surface area contributed by atoms with Crippen LogP contribution in [0.2, 0.25) is 5.02 Å². The summed E-state index contributed by atoms with van der Waals surface area (Å²) in [6, 6.07) is 12.9. The number of halogens is 3. The van der Waals surface area contributed by atoms with Crippen LogP contribution in [0.4, 0.5) is 14.5 Å². The Morgan fingerprint density at radius 1 is 1.24 bits per heavy atom. The molecule has 8 heteroatoms. The highest BCUT2D eigenvalue weighted by Crippen LogP contribution is 2.38. The van der Waals surface area contributed by atoms with E-state index in [1.165, 1.54) is 17.9 Å². The van der Waals surface area contributed by atoms with E-state index in [1.54, 1.807) is 42.5 Å². The van der Waals surface area contributed by atoms with Crippen molar-refractivity contribution in [1.82, 2.24) is 5.32 Å². The largest absolute Gasteiger partial charge is 0.351 e. The zero-order valence-corrected chi connectivity index (χ0v) is 16.3. The molecular weight excluding hydrogens is 400 g/mol. The molecule has 0 aromatic heterocycles. The highest BCUT2D eigenvalue weighted by atomic mass is 35.5. The number of nitrogens with zero attached hydrogens (tertiary/aromatic N) is 2. The second-order valence-electron chi connectivity index (χ2n) is 6.94. The van der Waals surface area contributed by atoms with Crippen molar-refractivity contribution in [3.63, 3.8) is 0 Å². The summed E-state index contributed by atoms with van der Waals surface area (Å²) in [5.74, 6) is -3.87. The molecule has 1 aliphatic rings. The molecule has 0 bridgehead atoms. The molecule has 1 unspecified atom stereocenters. The number of amides is 2. The monoisotopic (exact) mass is 417 g/mol. The van der Waals surface area contributed by atoms with Gasteiger partial charge in [-0.2, -0.15) is 5.26 Å². The number of hydrogen-bond donors (Lipinski definition) is 1. The number of alkyl halides is 2. The third-order valence-corrected chi connectivity index (χ3v) is 5.08. The van der Waals surface area contributed by atoms with E-state index >= 15 is 0 Å². The molecule has 1 saturated carbocycles. The Labute approximate surface area is 171 Å². The maximum atomic E-state index is 13.2. The van der Waals surface area contributed by atoms with Gasteiger partial charge in [0.05, 0.1) is 11.6 Å². The molecule has 0 radical (unpaired) electrons. The fourth-order valence-electron chi connectivity index (χ4n) is 3.38. The molecule has 1 atom stereocenters. The molecule has 150 valence electrons. The molecule has 1 N–H and O–H groups in total. The van der Waals surface area contributed by atoms with Gasteiger partial charge in [0.15, 0.2) is 0 Å². The van der Waals surface area contributed by atoms with E-state index in [2.05, 4.69) is 5.32 Å². The van der Waals surface area contributed by atoms with Crippen LogP contribution in [0, 0.1) is 11.3 Å². The molecule has 3 rings (SSSR count). The third kappa shape index (κ3) is 4.54. The number of rotatable bonds is 5. The Morgan fingerprint density at radius 2 is 1.93 bits per heavy atom. The van der Waals surface area contributed by atoms with E-state index in [4.69, 9.17) is 11.6 Å². The van der Waals surface area contributed by atoms with Gasteiger partial charge in [-0.3, -0.25) is 14.5 Å². The van der Waals surface area contributed by atoms with Crippen LogP contribution in [0.1, 0.15) is 36.9 Å². The molecule has 2 aromatic carbocycles. The van der Waals surface area contributed by atoms with Crippen molar-refractivity contribution in [2.75, 3.05) is 4.90 Å². The topological polar surface area (TPSA) is 73.2 Å². The molecule has 0 spiro atoms. The van der Waals surface area contributed by atoms with Crippen LogP contribution in [0.15, 0.2) is 48.5 Å². The van der Waals surface area contributed by atoms with Gasteiger partial charge in [-0.05, 0) is 24.3 Å². The average Bonchev–Trinajstić information content (AvgIpc) is 2.65. The minimum Gasteiger partial charge on any atom is -0.351 e. The molecule has 5 nitrogen and oxygen atoms in total. The SMILES string of the molecule is CC(=O)N(c1cccc(C#N)c1)C(C(=O)NC1CC(F)(F)C1)c1ccccc1Cl. The molecule has 0 saturated heterocycles. The quantitative estimate of drug-likeness (QED) is 0.791. The Kier molecular flexibility index (Phi) is 5.85. The Morgan fingerprint density at radius 3 is 2.52 bits per heavy atom. The van der Waals surface area contributed by atoms with Gasteiger partial charge < -0.3 is 5.32 Å². The fraction of sp³-hybridized carbons (Fsp3) is 0.286. The molecule has 29 heavy (non-hydrogen) atoms. The van der Waals surface area contributed by atoms with E-state index in [0.717, 1.165) is 0 Å². The van der Waals surface area contributed by atoms with Crippen LogP contribution in [-0.2, 0) is 9.59 Å². The second kappa shape index (κ2) is 8.18. The van der Waals surface area contributed by atoms with Gasteiger partial charge in [0.25, 0.3) is 5.92 Å². The maximum absolute atomic E-state index is 13.2. The summed E-state index contributed by atoms with van der Waals surface area (Å²) in [5, 5.41) is 12.0. The maximum Gasteiger partial charge on any atom is 0.252 e. The number of benzene rings is 2. The average molecular weight is 418 g/mol. The first-order chi connectivity index (χ1) is 13.7. The highest BCUT2D eigenvalue weighted by molar-refractivity contribution is 6.31. The highest BCUT2D eigenvalue weighted by Gasteiger charge is 2.47. The molecule has 2 aromatic rings. The summed E-state index contributed by atoms with van der Waals surface area (Å²) < 4.78 is 26.4. The Balaban J connectivity index is 2.02. The Bertz CT molecular complexity index is 982. The fourth-order valence-corrected chi connectivity index (χ4v) is 3.61. The van der Waals surface area contributed by atoms with Gasteiger partial charge in [0.1, 0.15) is 6.04 Å². The van der Waals surface area contributed by atoms with Gasteiger partial charge in [-0.25, -0.2) is 8.78 Å². The molecule has 1 fully saturated rings. The van der Waals surface area contributed by atoms with Gasteiger partial charge in [0.2, 0.25) is 11.8 Å². The van der Waals surface area contributed by atoms with Gasteiger partial charge in [-0.15, -0.1) is 0 Å². The third-order valence-electron chi connectivity index (χ3n) is 4.74. The van der Waals surface area contributed by atoms with E-state index < -0.39 is 42.7 Å². The lowest BCUT2D eigenvalue weighted by Gasteiger charge is -2.38. The number of carbonyl (C=O) groups is 2. The van der Waals surface area contributed by atoms with Crippen molar-refractivity contribution in [2.24, 2.45) is 0 Å². The van der Waals surface area contributed by atoms with Crippen molar-refractivity contribution in [2.45, 2.75) is 37.8 Å². The number of nitriles is 1. The van der Waals surface area contributed by atoms with Crippen molar-refractivity contribution >= 4 is 29.1 Å². The lowest BCUT2D eigenvalue weighted by atomic mass is 9.87. The predicted octanol–water partition coefficient (Wildman–Crippen LogP) is 4.22. The zero-order valence-electron chi connectivity index (χ0n) is 15.5. The Hall–Kier alpha value is -2.98. The summed E-state index contributed by atoms with van der Waals surface area (Å²) in [6.07, 6.45) is -0.893. The van der Waals surface area contributed by atoms with Crippen LogP contribution in [0.3, 0.4) is 0 Å². The molecule has 2 amide bonds. The number of anilines is 1. The summed E-state index contributed by atoms with van der Waals surface area (Å²) >= 11 is 6.30. The van der Waals surface area contributed by atoms with Crippen LogP contribution >= 0.6 is 11.6 Å². The number of nitrogens with one attached hydrogen (secondary N) is 1. The van der Waals surface area contributed by atoms with Gasteiger partial charge in [-0.1, -0.05) is 35.9 Å². The molecule has 0 aliphatic heterocycles. The van der Waals surface area contributed by atoms with E-state index in [-0.39, 0.29) is 5.02 Å². The minimum atomic E-state index is -2.79. The van der Waals surface area contributed by atoms with Crippen molar-refractivity contribution in [3.05, 3.63) is 64.7 Å². The lowest BCUT2D eigenvalue weighted by Crippen LogP contribution is -2.54. The van der Waals surface area contributed by atoms with Crippen molar-refractivity contribution < 1.29 is 18.4 Å². The van der Waals surface area contributed by atoms with Crippen molar-refractivity contribution in [1.29, 1.82) is 5.26 Å². The first kappa shape index (κ1) is 20.7. The standard InChI is InChI=1S/C21H18ClF2N3O2/c1-13(28)27(16-6-4-5-14(9-16)12-25)19(17-7-2-3-8-18(17)22)20(29)26-15-10-21(23,24)11-15/h2-9,15,19H,10-11H2,1H3,(H,26,29). The van der Waals surface area contributed by atoms with Gasteiger partial charge >= 0.3 is 0 Å². The van der Waals surface area contributed by atoms with Crippen LogP contribution in [0.5, 0.6) is 0 Å².